The standard InChI is InChI=1S/C23H33N3O3/c1-17-15-20(17)21-8-6-19(29-21)7-9-22(27)25-13-11-24(12-14-25)16-23(28)26-10-4-3-5-18(26)2/h6-9,17-18,20H,3-5,10-16H2,1-2H3/b9-7+/t17-,18+,20+/m1/s1. The molecule has 3 fully saturated rings. The van der Waals surface area contributed by atoms with E-state index in [4.69, 9.17) is 4.42 Å². The topological polar surface area (TPSA) is 57.0 Å². The van der Waals surface area contributed by atoms with Crippen LogP contribution in [0.5, 0.6) is 0 Å². The predicted octanol–water partition coefficient (Wildman–Crippen LogP) is 2.96. The van der Waals surface area contributed by atoms with E-state index < -0.39 is 0 Å². The van der Waals surface area contributed by atoms with Crippen molar-refractivity contribution in [3.63, 3.8) is 0 Å². The Labute approximate surface area is 173 Å². The maximum absolute atomic E-state index is 12.6. The first-order valence-corrected chi connectivity index (χ1v) is 11.1. The van der Waals surface area contributed by atoms with Crippen LogP contribution >= 0.6 is 0 Å². The average molecular weight is 400 g/mol. The summed E-state index contributed by atoms with van der Waals surface area (Å²) in [5.41, 5.74) is 0. The fourth-order valence-corrected chi connectivity index (χ4v) is 4.51. The molecular weight excluding hydrogens is 366 g/mol. The molecule has 2 aliphatic heterocycles. The van der Waals surface area contributed by atoms with E-state index >= 15 is 0 Å². The van der Waals surface area contributed by atoms with Crippen LogP contribution in [0, 0.1) is 5.92 Å². The lowest BCUT2D eigenvalue weighted by Crippen LogP contribution is -2.52. The number of rotatable bonds is 5. The normalized spacial score (nSPS) is 28.1. The second-order valence-electron chi connectivity index (χ2n) is 8.93. The highest BCUT2D eigenvalue weighted by atomic mass is 16.3. The monoisotopic (exact) mass is 399 g/mol. The van der Waals surface area contributed by atoms with Gasteiger partial charge in [-0.15, -0.1) is 0 Å². The number of hydrogen-bond acceptors (Lipinski definition) is 4. The number of piperidine rings is 1. The highest BCUT2D eigenvalue weighted by Gasteiger charge is 2.36. The van der Waals surface area contributed by atoms with Crippen LogP contribution in [0.1, 0.15) is 57.0 Å². The molecule has 1 aliphatic carbocycles. The lowest BCUT2D eigenvalue weighted by Gasteiger charge is -2.37. The molecule has 0 radical (unpaired) electrons. The minimum Gasteiger partial charge on any atom is -0.461 e. The molecule has 0 N–H and O–H groups in total. The summed E-state index contributed by atoms with van der Waals surface area (Å²) in [7, 11) is 0. The van der Waals surface area contributed by atoms with E-state index in [1.165, 1.54) is 12.8 Å². The SMILES string of the molecule is C[C@@H]1C[C@@H]1c1ccc(/C=C/C(=O)N2CCN(CC(=O)N3CCCC[C@@H]3C)CC2)o1. The number of nitrogens with zero attached hydrogens (tertiary/aromatic N) is 3. The average Bonchev–Trinajstić information content (AvgIpc) is 3.26. The summed E-state index contributed by atoms with van der Waals surface area (Å²) in [6, 6.07) is 4.32. The van der Waals surface area contributed by atoms with Crippen molar-refractivity contribution in [1.29, 1.82) is 0 Å². The van der Waals surface area contributed by atoms with Gasteiger partial charge in [0, 0.05) is 50.8 Å². The van der Waals surface area contributed by atoms with Crippen molar-refractivity contribution in [3.05, 3.63) is 29.7 Å². The maximum atomic E-state index is 12.6. The third-order valence-corrected chi connectivity index (χ3v) is 6.68. The predicted molar refractivity (Wildman–Crippen MR) is 112 cm³/mol. The molecule has 1 aromatic rings. The lowest BCUT2D eigenvalue weighted by atomic mass is 10.0. The van der Waals surface area contributed by atoms with Crippen LogP contribution < -0.4 is 0 Å². The van der Waals surface area contributed by atoms with E-state index in [0.717, 1.165) is 44.0 Å². The van der Waals surface area contributed by atoms with Gasteiger partial charge in [-0.1, -0.05) is 6.92 Å². The van der Waals surface area contributed by atoms with Crippen LogP contribution in [0.2, 0.25) is 0 Å². The van der Waals surface area contributed by atoms with Gasteiger partial charge in [0.1, 0.15) is 11.5 Å². The van der Waals surface area contributed by atoms with E-state index in [0.29, 0.717) is 37.5 Å². The smallest absolute Gasteiger partial charge is 0.246 e. The Morgan fingerprint density at radius 3 is 2.55 bits per heavy atom. The van der Waals surface area contributed by atoms with E-state index in [2.05, 4.69) is 18.7 Å². The van der Waals surface area contributed by atoms with Crippen molar-refractivity contribution >= 4 is 17.9 Å². The zero-order chi connectivity index (χ0) is 20.4. The molecule has 29 heavy (non-hydrogen) atoms. The van der Waals surface area contributed by atoms with Gasteiger partial charge in [-0.2, -0.15) is 0 Å². The minimum absolute atomic E-state index is 0.0124. The molecule has 0 bridgehead atoms. The molecule has 1 aromatic heterocycles. The number of carbonyl (C=O) groups excluding carboxylic acids is 2. The van der Waals surface area contributed by atoms with E-state index in [-0.39, 0.29) is 11.8 Å². The van der Waals surface area contributed by atoms with E-state index in [9.17, 15) is 9.59 Å². The highest BCUT2D eigenvalue weighted by molar-refractivity contribution is 5.91. The summed E-state index contributed by atoms with van der Waals surface area (Å²) in [5, 5.41) is 0. The second kappa shape index (κ2) is 8.74. The molecule has 6 heteroatoms. The number of carbonyl (C=O) groups is 2. The van der Waals surface area contributed by atoms with Gasteiger partial charge in [-0.05, 0) is 56.7 Å². The Bertz CT molecular complexity index is 763. The molecule has 0 spiro atoms. The van der Waals surface area contributed by atoms with Gasteiger partial charge < -0.3 is 14.2 Å². The van der Waals surface area contributed by atoms with Crippen molar-refractivity contribution in [3.8, 4) is 0 Å². The van der Waals surface area contributed by atoms with Gasteiger partial charge in [0.05, 0.1) is 6.54 Å². The van der Waals surface area contributed by atoms with Gasteiger partial charge in [-0.25, -0.2) is 0 Å². The zero-order valence-corrected chi connectivity index (χ0v) is 17.7. The fourth-order valence-electron chi connectivity index (χ4n) is 4.51. The molecule has 2 saturated heterocycles. The number of hydrogen-bond donors (Lipinski definition) is 0. The van der Waals surface area contributed by atoms with Crippen LogP contribution in [0.4, 0.5) is 0 Å². The molecule has 158 valence electrons. The number of likely N-dealkylation sites (tertiary alicyclic amines) is 1. The van der Waals surface area contributed by atoms with Gasteiger partial charge >= 0.3 is 0 Å². The Morgan fingerprint density at radius 1 is 1.10 bits per heavy atom. The molecule has 2 amide bonds. The molecule has 0 aromatic carbocycles. The fraction of sp³-hybridized carbons (Fsp3) is 0.652. The van der Waals surface area contributed by atoms with E-state index in [1.54, 1.807) is 12.2 Å². The number of piperazine rings is 1. The number of furan rings is 1. The van der Waals surface area contributed by atoms with E-state index in [1.807, 2.05) is 21.9 Å². The highest BCUT2D eigenvalue weighted by Crippen LogP contribution is 2.47. The third kappa shape index (κ3) is 4.92. The van der Waals surface area contributed by atoms with Crippen molar-refractivity contribution in [2.24, 2.45) is 5.92 Å². The van der Waals surface area contributed by atoms with Crippen LogP contribution in [-0.2, 0) is 9.59 Å². The van der Waals surface area contributed by atoms with Crippen LogP contribution in [0.25, 0.3) is 6.08 Å². The summed E-state index contributed by atoms with van der Waals surface area (Å²) in [6.45, 7) is 8.55. The Balaban J connectivity index is 1.22. The lowest BCUT2D eigenvalue weighted by molar-refractivity contribution is -0.136. The van der Waals surface area contributed by atoms with Crippen molar-refractivity contribution in [1.82, 2.24) is 14.7 Å². The third-order valence-electron chi connectivity index (χ3n) is 6.68. The molecule has 4 rings (SSSR count). The molecule has 0 unspecified atom stereocenters. The molecule has 3 aliphatic rings. The Kier molecular flexibility index (Phi) is 6.09. The van der Waals surface area contributed by atoms with Gasteiger partial charge in [-0.3, -0.25) is 14.5 Å². The largest absolute Gasteiger partial charge is 0.461 e. The van der Waals surface area contributed by atoms with Gasteiger partial charge in [0.15, 0.2) is 0 Å². The summed E-state index contributed by atoms with van der Waals surface area (Å²) in [6.07, 6.45) is 8.01. The zero-order valence-electron chi connectivity index (χ0n) is 17.7. The first kappa shape index (κ1) is 20.2. The minimum atomic E-state index is 0.0124. The van der Waals surface area contributed by atoms with Crippen molar-refractivity contribution in [2.45, 2.75) is 51.5 Å². The summed E-state index contributed by atoms with van der Waals surface area (Å²) >= 11 is 0. The molecule has 1 saturated carbocycles. The maximum Gasteiger partial charge on any atom is 0.246 e. The Morgan fingerprint density at radius 2 is 1.86 bits per heavy atom. The first-order valence-electron chi connectivity index (χ1n) is 11.1. The first-order chi connectivity index (χ1) is 14.0. The molecular formula is C23H33N3O3. The van der Waals surface area contributed by atoms with Crippen LogP contribution in [0.15, 0.2) is 22.6 Å². The van der Waals surface area contributed by atoms with Gasteiger partial charge in [0.2, 0.25) is 11.8 Å². The second-order valence-corrected chi connectivity index (χ2v) is 8.93. The van der Waals surface area contributed by atoms with Crippen molar-refractivity contribution < 1.29 is 14.0 Å². The molecule has 3 heterocycles. The molecule has 3 atom stereocenters. The summed E-state index contributed by atoms with van der Waals surface area (Å²) in [4.78, 5) is 31.2. The summed E-state index contributed by atoms with van der Waals surface area (Å²) < 4.78 is 5.83. The molecule has 6 nitrogen and oxygen atoms in total. The Hall–Kier alpha value is -2.08. The van der Waals surface area contributed by atoms with Crippen LogP contribution in [-0.4, -0.2) is 71.8 Å². The van der Waals surface area contributed by atoms with Gasteiger partial charge in [0.25, 0.3) is 0 Å². The van der Waals surface area contributed by atoms with Crippen molar-refractivity contribution in [2.75, 3.05) is 39.3 Å². The summed E-state index contributed by atoms with van der Waals surface area (Å²) in [5.74, 6) is 3.28. The van der Waals surface area contributed by atoms with Crippen LogP contribution in [0.3, 0.4) is 0 Å². The quantitative estimate of drug-likeness (QED) is 0.715. The number of amides is 2.